The highest BCUT2D eigenvalue weighted by atomic mass is 32.1. The summed E-state index contributed by atoms with van der Waals surface area (Å²) in [5.41, 5.74) is 2.33. The summed E-state index contributed by atoms with van der Waals surface area (Å²) < 4.78 is 1.91. The maximum atomic E-state index is 5.07. The first kappa shape index (κ1) is 8.95. The largest absolute Gasteiger partial charge is 0.354 e. The first-order valence-corrected chi connectivity index (χ1v) is 3.85. The van der Waals surface area contributed by atoms with Crippen LogP contribution >= 0.6 is 12.2 Å². The third kappa shape index (κ3) is 2.18. The van der Waals surface area contributed by atoms with Gasteiger partial charge in [-0.3, -0.25) is 0 Å². The lowest BCUT2D eigenvalue weighted by molar-refractivity contribution is 0.742. The van der Waals surface area contributed by atoms with E-state index in [0.29, 0.717) is 11.7 Å². The molecule has 1 heterocycles. The second-order valence-electron chi connectivity index (χ2n) is 2.28. The van der Waals surface area contributed by atoms with Crippen molar-refractivity contribution in [1.29, 1.82) is 0 Å². The molecule has 0 aliphatic rings. The standard InChI is InChI=1S/C6H11N5S/c1-11-3-2-8-5(11)4-9-6(12)10-7/h2-3H,4,7H2,1H3,(H2,9,10,12). The Kier molecular flexibility index (Phi) is 3.01. The summed E-state index contributed by atoms with van der Waals surface area (Å²) in [5, 5.41) is 3.30. The van der Waals surface area contributed by atoms with Crippen molar-refractivity contribution in [3.8, 4) is 0 Å². The molecule has 0 bridgehead atoms. The molecule has 12 heavy (non-hydrogen) atoms. The van der Waals surface area contributed by atoms with Gasteiger partial charge in [0.25, 0.3) is 0 Å². The second kappa shape index (κ2) is 4.03. The van der Waals surface area contributed by atoms with Gasteiger partial charge in [-0.2, -0.15) is 0 Å². The predicted octanol–water partition coefficient (Wildman–Crippen LogP) is -0.742. The van der Waals surface area contributed by atoms with Crippen LogP contribution in [0.2, 0.25) is 0 Å². The molecule has 0 saturated carbocycles. The van der Waals surface area contributed by atoms with Gasteiger partial charge in [-0.05, 0) is 12.2 Å². The molecular weight excluding hydrogens is 174 g/mol. The van der Waals surface area contributed by atoms with Crippen molar-refractivity contribution < 1.29 is 0 Å². The van der Waals surface area contributed by atoms with E-state index >= 15 is 0 Å². The molecular formula is C6H11N5S. The summed E-state index contributed by atoms with van der Waals surface area (Å²) in [4.78, 5) is 4.09. The lowest BCUT2D eigenvalue weighted by Gasteiger charge is -2.05. The van der Waals surface area contributed by atoms with Crippen molar-refractivity contribution in [2.24, 2.45) is 12.9 Å². The van der Waals surface area contributed by atoms with Gasteiger partial charge < -0.3 is 15.3 Å². The van der Waals surface area contributed by atoms with Crippen molar-refractivity contribution in [2.45, 2.75) is 6.54 Å². The van der Waals surface area contributed by atoms with E-state index in [1.54, 1.807) is 6.20 Å². The van der Waals surface area contributed by atoms with Gasteiger partial charge >= 0.3 is 0 Å². The van der Waals surface area contributed by atoms with E-state index in [4.69, 9.17) is 18.1 Å². The molecule has 0 aromatic carbocycles. The number of thiocarbonyl (C=S) groups is 1. The molecule has 0 spiro atoms. The number of hydrogen-bond donors (Lipinski definition) is 3. The Morgan fingerprint density at radius 2 is 2.58 bits per heavy atom. The number of hydrazine groups is 1. The maximum Gasteiger partial charge on any atom is 0.180 e. The maximum absolute atomic E-state index is 5.07. The van der Waals surface area contributed by atoms with Gasteiger partial charge in [0.2, 0.25) is 0 Å². The fourth-order valence-electron chi connectivity index (χ4n) is 0.777. The van der Waals surface area contributed by atoms with Crippen molar-refractivity contribution in [3.63, 3.8) is 0 Å². The molecule has 4 N–H and O–H groups in total. The minimum atomic E-state index is 0.415. The molecule has 0 radical (unpaired) electrons. The highest BCUT2D eigenvalue weighted by Crippen LogP contribution is 1.91. The van der Waals surface area contributed by atoms with Gasteiger partial charge in [-0.25, -0.2) is 10.8 Å². The molecule has 5 nitrogen and oxygen atoms in total. The monoisotopic (exact) mass is 185 g/mol. The zero-order valence-corrected chi connectivity index (χ0v) is 7.56. The number of aromatic nitrogens is 2. The van der Waals surface area contributed by atoms with E-state index in [1.165, 1.54) is 0 Å². The second-order valence-corrected chi connectivity index (χ2v) is 2.69. The number of hydrogen-bond acceptors (Lipinski definition) is 3. The van der Waals surface area contributed by atoms with Crippen LogP contribution in [0, 0.1) is 0 Å². The molecule has 0 saturated heterocycles. The Labute approximate surface area is 75.9 Å². The number of nitrogens with zero attached hydrogens (tertiary/aromatic N) is 2. The number of imidazole rings is 1. The summed E-state index contributed by atoms with van der Waals surface area (Å²) in [6.07, 6.45) is 3.60. The van der Waals surface area contributed by atoms with Gasteiger partial charge in [0.05, 0.1) is 6.54 Å². The van der Waals surface area contributed by atoms with Gasteiger partial charge in [-0.1, -0.05) is 0 Å². The van der Waals surface area contributed by atoms with Crippen molar-refractivity contribution in [2.75, 3.05) is 0 Å². The van der Waals surface area contributed by atoms with Crippen LogP contribution in [-0.4, -0.2) is 14.7 Å². The lowest BCUT2D eigenvalue weighted by Crippen LogP contribution is -2.39. The molecule has 0 fully saturated rings. The molecule has 6 heteroatoms. The first-order chi connectivity index (χ1) is 5.74. The van der Waals surface area contributed by atoms with E-state index in [-0.39, 0.29) is 0 Å². The molecule has 0 aliphatic heterocycles. The summed E-state index contributed by atoms with van der Waals surface area (Å²) >= 11 is 4.79. The van der Waals surface area contributed by atoms with Crippen LogP contribution in [-0.2, 0) is 13.6 Å². The average molecular weight is 185 g/mol. The Morgan fingerprint density at radius 1 is 1.83 bits per heavy atom. The van der Waals surface area contributed by atoms with Crippen LogP contribution in [0.15, 0.2) is 12.4 Å². The third-order valence-corrected chi connectivity index (χ3v) is 1.72. The Bertz CT molecular complexity index is 269. The first-order valence-electron chi connectivity index (χ1n) is 3.44. The van der Waals surface area contributed by atoms with Crippen molar-refractivity contribution >= 4 is 17.3 Å². The molecule has 0 amide bonds. The number of rotatable bonds is 2. The average Bonchev–Trinajstić information content (AvgIpc) is 2.47. The van der Waals surface area contributed by atoms with Gasteiger partial charge in [-0.15, -0.1) is 0 Å². The third-order valence-electron chi connectivity index (χ3n) is 1.46. The SMILES string of the molecule is Cn1ccnc1CNC(=S)NN. The van der Waals surface area contributed by atoms with Crippen molar-refractivity contribution in [1.82, 2.24) is 20.3 Å². The van der Waals surface area contributed by atoms with Gasteiger partial charge in [0.1, 0.15) is 5.82 Å². The summed E-state index contributed by atoms with van der Waals surface area (Å²) in [7, 11) is 1.92. The minimum absolute atomic E-state index is 0.415. The summed E-state index contributed by atoms with van der Waals surface area (Å²) in [6.45, 7) is 0.576. The molecule has 1 rings (SSSR count). The molecule has 1 aromatic rings. The van der Waals surface area contributed by atoms with Gasteiger partial charge in [0, 0.05) is 19.4 Å². The highest BCUT2D eigenvalue weighted by molar-refractivity contribution is 7.80. The Balaban J connectivity index is 2.43. The topological polar surface area (TPSA) is 67.9 Å². The Morgan fingerprint density at radius 3 is 3.08 bits per heavy atom. The van der Waals surface area contributed by atoms with Crippen LogP contribution in [0.1, 0.15) is 5.82 Å². The van der Waals surface area contributed by atoms with E-state index in [0.717, 1.165) is 5.82 Å². The molecule has 0 atom stereocenters. The summed E-state index contributed by atoms with van der Waals surface area (Å²) in [5.74, 6) is 5.98. The van der Waals surface area contributed by atoms with Crippen LogP contribution in [0.5, 0.6) is 0 Å². The number of aryl methyl sites for hydroxylation is 1. The molecule has 1 aromatic heterocycles. The van der Waals surface area contributed by atoms with Crippen LogP contribution in [0.4, 0.5) is 0 Å². The van der Waals surface area contributed by atoms with E-state index in [1.807, 2.05) is 17.8 Å². The smallest absolute Gasteiger partial charge is 0.180 e. The van der Waals surface area contributed by atoms with Crippen molar-refractivity contribution in [3.05, 3.63) is 18.2 Å². The molecule has 66 valence electrons. The van der Waals surface area contributed by atoms with Crippen LogP contribution in [0.3, 0.4) is 0 Å². The fourth-order valence-corrected chi connectivity index (χ4v) is 0.849. The summed E-state index contributed by atoms with van der Waals surface area (Å²) in [6, 6.07) is 0. The van der Waals surface area contributed by atoms with Crippen LogP contribution < -0.4 is 16.6 Å². The fraction of sp³-hybridized carbons (Fsp3) is 0.333. The number of nitrogens with two attached hydrogens (primary N) is 1. The lowest BCUT2D eigenvalue weighted by atomic mass is 10.6. The highest BCUT2D eigenvalue weighted by Gasteiger charge is 1.98. The zero-order valence-electron chi connectivity index (χ0n) is 6.74. The normalized spacial score (nSPS) is 9.50. The molecule has 0 unspecified atom stereocenters. The molecule has 0 aliphatic carbocycles. The van der Waals surface area contributed by atoms with E-state index < -0.39 is 0 Å². The Hall–Kier alpha value is -1.14. The van der Waals surface area contributed by atoms with Gasteiger partial charge in [0.15, 0.2) is 5.11 Å². The minimum Gasteiger partial charge on any atom is -0.354 e. The van der Waals surface area contributed by atoms with E-state index in [9.17, 15) is 0 Å². The quantitative estimate of drug-likeness (QED) is 0.321. The zero-order chi connectivity index (χ0) is 8.97. The predicted molar refractivity (Wildman–Crippen MR) is 50.0 cm³/mol. The number of nitrogens with one attached hydrogen (secondary N) is 2. The van der Waals surface area contributed by atoms with E-state index in [2.05, 4.69) is 15.7 Å². The van der Waals surface area contributed by atoms with Crippen LogP contribution in [0.25, 0.3) is 0 Å².